The summed E-state index contributed by atoms with van der Waals surface area (Å²) in [5.74, 6) is 4.83. The molecule has 0 aromatic heterocycles. The van der Waals surface area contributed by atoms with Gasteiger partial charge in [-0.1, -0.05) is 25.5 Å². The molecule has 1 amide bonds. The Kier molecular flexibility index (Phi) is 6.84. The van der Waals surface area contributed by atoms with Gasteiger partial charge in [-0.15, -0.1) is 0 Å². The molecule has 1 aromatic carbocycles. The zero-order chi connectivity index (χ0) is 15.8. The molecule has 0 fully saturated rings. The van der Waals surface area contributed by atoms with E-state index in [0.717, 1.165) is 12.0 Å². The lowest BCUT2D eigenvalue weighted by molar-refractivity contribution is -0.139. The molecule has 6 nitrogen and oxygen atoms in total. The molecule has 1 aromatic rings. The van der Waals surface area contributed by atoms with Crippen molar-refractivity contribution < 1.29 is 14.3 Å². The van der Waals surface area contributed by atoms with Crippen molar-refractivity contribution in [3.8, 4) is 5.75 Å². The lowest BCUT2D eigenvalue weighted by Crippen LogP contribution is -2.48. The Hall–Kier alpha value is -1.92. The van der Waals surface area contributed by atoms with Gasteiger partial charge in [0.1, 0.15) is 5.75 Å². The Labute approximate surface area is 125 Å². The van der Waals surface area contributed by atoms with Crippen LogP contribution >= 0.6 is 0 Å². The van der Waals surface area contributed by atoms with Crippen LogP contribution in [0.15, 0.2) is 24.3 Å². The standard InChI is InChI=1S/C15H23N3O3/c1-4-6-13(18-16)14(19)15(20)17-10(2)11-7-5-8-12(9-11)21-3/h5,7-10,13,18H,4,6,16H2,1-3H3,(H,17,20). The van der Waals surface area contributed by atoms with Crippen molar-refractivity contribution in [2.24, 2.45) is 5.84 Å². The topological polar surface area (TPSA) is 93.5 Å². The molecular weight excluding hydrogens is 270 g/mol. The van der Waals surface area contributed by atoms with Crippen LogP contribution in [0.2, 0.25) is 0 Å². The van der Waals surface area contributed by atoms with Crippen molar-refractivity contribution in [2.45, 2.75) is 38.8 Å². The summed E-state index contributed by atoms with van der Waals surface area (Å²) in [5.41, 5.74) is 3.25. The van der Waals surface area contributed by atoms with E-state index in [1.807, 2.05) is 38.1 Å². The smallest absolute Gasteiger partial charge is 0.289 e. The maximum atomic E-state index is 12.0. The number of hydrogen-bond acceptors (Lipinski definition) is 5. The largest absolute Gasteiger partial charge is 0.497 e. The number of methoxy groups -OCH3 is 1. The number of hydrogen-bond donors (Lipinski definition) is 3. The molecule has 0 spiro atoms. The number of benzene rings is 1. The third kappa shape index (κ3) is 4.84. The molecule has 0 aliphatic carbocycles. The van der Waals surface area contributed by atoms with E-state index in [9.17, 15) is 9.59 Å². The first-order valence-electron chi connectivity index (χ1n) is 6.98. The molecule has 2 atom stereocenters. The molecule has 116 valence electrons. The highest BCUT2D eigenvalue weighted by Crippen LogP contribution is 2.18. The van der Waals surface area contributed by atoms with E-state index >= 15 is 0 Å². The molecule has 6 heteroatoms. The number of nitrogens with one attached hydrogen (secondary N) is 2. The number of nitrogens with two attached hydrogens (primary N) is 1. The monoisotopic (exact) mass is 293 g/mol. The first-order chi connectivity index (χ1) is 10.0. The number of Topliss-reactive ketones (excluding diaryl/α,β-unsaturated/α-hetero) is 1. The molecule has 1 rings (SSSR count). The van der Waals surface area contributed by atoms with Gasteiger partial charge >= 0.3 is 0 Å². The van der Waals surface area contributed by atoms with Gasteiger partial charge < -0.3 is 10.1 Å². The van der Waals surface area contributed by atoms with Gasteiger partial charge in [0.05, 0.1) is 19.2 Å². The predicted molar refractivity (Wildman–Crippen MR) is 80.6 cm³/mol. The van der Waals surface area contributed by atoms with Gasteiger partial charge in [0.25, 0.3) is 5.91 Å². The minimum atomic E-state index is -0.646. The molecule has 0 saturated heterocycles. The normalized spacial score (nSPS) is 13.3. The molecule has 0 bridgehead atoms. The van der Waals surface area contributed by atoms with Crippen LogP contribution in [0.25, 0.3) is 0 Å². The number of amides is 1. The molecule has 0 saturated carbocycles. The summed E-state index contributed by atoms with van der Waals surface area (Å²) in [6.45, 7) is 3.74. The molecule has 0 aliphatic heterocycles. The number of carbonyl (C=O) groups is 2. The van der Waals surface area contributed by atoms with Gasteiger partial charge in [-0.3, -0.25) is 15.4 Å². The van der Waals surface area contributed by atoms with Crippen LogP contribution in [-0.4, -0.2) is 24.8 Å². The fraction of sp³-hybridized carbons (Fsp3) is 0.467. The lowest BCUT2D eigenvalue weighted by Gasteiger charge is -2.17. The van der Waals surface area contributed by atoms with E-state index in [4.69, 9.17) is 10.6 Å². The molecule has 4 N–H and O–H groups in total. The van der Waals surface area contributed by atoms with Crippen molar-refractivity contribution in [1.29, 1.82) is 0 Å². The summed E-state index contributed by atoms with van der Waals surface area (Å²) in [6, 6.07) is 6.39. The highest BCUT2D eigenvalue weighted by atomic mass is 16.5. The van der Waals surface area contributed by atoms with Crippen LogP contribution in [0.1, 0.15) is 38.3 Å². The Morgan fingerprint density at radius 1 is 1.38 bits per heavy atom. The predicted octanol–water partition coefficient (Wildman–Crippen LogP) is 1.07. The second kappa shape index (κ2) is 8.39. The van der Waals surface area contributed by atoms with Crippen molar-refractivity contribution in [3.63, 3.8) is 0 Å². The van der Waals surface area contributed by atoms with E-state index in [1.54, 1.807) is 7.11 Å². The second-order valence-electron chi connectivity index (χ2n) is 4.84. The minimum absolute atomic E-state index is 0.295. The zero-order valence-electron chi connectivity index (χ0n) is 12.7. The first-order valence-corrected chi connectivity index (χ1v) is 6.98. The average Bonchev–Trinajstić information content (AvgIpc) is 2.51. The second-order valence-corrected chi connectivity index (χ2v) is 4.84. The number of ether oxygens (including phenoxy) is 1. The van der Waals surface area contributed by atoms with Crippen molar-refractivity contribution in [2.75, 3.05) is 7.11 Å². The lowest BCUT2D eigenvalue weighted by atomic mass is 10.1. The zero-order valence-corrected chi connectivity index (χ0v) is 12.7. The van der Waals surface area contributed by atoms with E-state index < -0.39 is 17.7 Å². The van der Waals surface area contributed by atoms with E-state index in [2.05, 4.69) is 10.7 Å². The summed E-state index contributed by atoms with van der Waals surface area (Å²) >= 11 is 0. The number of ketones is 1. The van der Waals surface area contributed by atoms with Crippen LogP contribution in [0.4, 0.5) is 0 Å². The van der Waals surface area contributed by atoms with E-state index in [0.29, 0.717) is 12.2 Å². The third-order valence-corrected chi connectivity index (χ3v) is 3.26. The minimum Gasteiger partial charge on any atom is -0.497 e. The molecule has 0 radical (unpaired) electrons. The fourth-order valence-electron chi connectivity index (χ4n) is 2.00. The molecule has 0 aliphatic rings. The van der Waals surface area contributed by atoms with Gasteiger partial charge in [0.15, 0.2) is 0 Å². The van der Waals surface area contributed by atoms with E-state index in [-0.39, 0.29) is 6.04 Å². The van der Waals surface area contributed by atoms with Crippen molar-refractivity contribution in [3.05, 3.63) is 29.8 Å². The van der Waals surface area contributed by atoms with Crippen LogP contribution < -0.4 is 21.3 Å². The average molecular weight is 293 g/mol. The van der Waals surface area contributed by atoms with Gasteiger partial charge in [0.2, 0.25) is 5.78 Å². The molecular formula is C15H23N3O3. The summed E-state index contributed by atoms with van der Waals surface area (Å²) in [6.07, 6.45) is 1.29. The van der Waals surface area contributed by atoms with E-state index in [1.165, 1.54) is 0 Å². The fourth-order valence-corrected chi connectivity index (χ4v) is 2.00. The van der Waals surface area contributed by atoms with Crippen LogP contribution in [0.3, 0.4) is 0 Å². The van der Waals surface area contributed by atoms with Gasteiger partial charge in [-0.05, 0) is 31.0 Å². The quantitative estimate of drug-likeness (QED) is 0.379. The third-order valence-electron chi connectivity index (χ3n) is 3.26. The summed E-state index contributed by atoms with van der Waals surface area (Å²) < 4.78 is 5.14. The van der Waals surface area contributed by atoms with Crippen molar-refractivity contribution in [1.82, 2.24) is 10.7 Å². The first kappa shape index (κ1) is 17.1. The number of carbonyl (C=O) groups excluding carboxylic acids is 2. The highest BCUT2D eigenvalue weighted by molar-refractivity contribution is 6.38. The molecule has 2 unspecified atom stereocenters. The summed E-state index contributed by atoms with van der Waals surface area (Å²) in [7, 11) is 1.58. The van der Waals surface area contributed by atoms with Crippen molar-refractivity contribution >= 4 is 11.7 Å². The molecule has 21 heavy (non-hydrogen) atoms. The Bertz CT molecular complexity index is 491. The SMILES string of the molecule is CCCC(NN)C(=O)C(=O)NC(C)c1cccc(OC)c1. The van der Waals surface area contributed by atoms with Gasteiger partial charge in [-0.2, -0.15) is 0 Å². The van der Waals surface area contributed by atoms with Crippen LogP contribution in [0, 0.1) is 0 Å². The molecule has 0 heterocycles. The highest BCUT2D eigenvalue weighted by Gasteiger charge is 2.24. The Balaban J connectivity index is 2.70. The maximum Gasteiger partial charge on any atom is 0.289 e. The maximum absolute atomic E-state index is 12.0. The Morgan fingerprint density at radius 2 is 2.10 bits per heavy atom. The Morgan fingerprint density at radius 3 is 2.67 bits per heavy atom. The summed E-state index contributed by atoms with van der Waals surface area (Å²) in [4.78, 5) is 23.9. The summed E-state index contributed by atoms with van der Waals surface area (Å²) in [5, 5.41) is 2.68. The van der Waals surface area contributed by atoms with Gasteiger partial charge in [0, 0.05) is 0 Å². The number of rotatable bonds is 8. The number of hydrazine groups is 1. The van der Waals surface area contributed by atoms with Crippen LogP contribution in [0.5, 0.6) is 5.75 Å². The van der Waals surface area contributed by atoms with Crippen LogP contribution in [-0.2, 0) is 9.59 Å². The van der Waals surface area contributed by atoms with Gasteiger partial charge in [-0.25, -0.2) is 5.43 Å².